The number of halogens is 1. The Balaban J connectivity index is 1.53. The number of para-hydroxylation sites is 2. The fourth-order valence-corrected chi connectivity index (χ4v) is 7.59. The molecule has 2 saturated heterocycles. The van der Waals surface area contributed by atoms with E-state index in [0.29, 0.717) is 23.7 Å². The van der Waals surface area contributed by atoms with Gasteiger partial charge in [-0.1, -0.05) is 73.2 Å². The fourth-order valence-electron chi connectivity index (χ4n) is 7.27. The number of benzene rings is 2. The van der Waals surface area contributed by atoms with Crippen LogP contribution < -0.4 is 9.80 Å². The molecule has 41 heavy (non-hydrogen) atoms. The van der Waals surface area contributed by atoms with E-state index >= 15 is 0 Å². The number of carbonyl (C=O) groups is 3. The number of fused-ring (bicyclic) bond motifs is 2. The van der Waals surface area contributed by atoms with E-state index in [9.17, 15) is 19.5 Å². The third kappa shape index (κ3) is 3.91. The molecule has 2 aromatic carbocycles. The zero-order valence-corrected chi connectivity index (χ0v) is 24.1. The van der Waals surface area contributed by atoms with Crippen molar-refractivity contribution in [3.8, 4) is 0 Å². The van der Waals surface area contributed by atoms with Crippen molar-refractivity contribution in [2.24, 2.45) is 11.8 Å². The number of anilines is 2. The number of aliphatic hydroxyl groups is 1. The Hall–Kier alpha value is -3.46. The molecule has 0 bridgehead atoms. The van der Waals surface area contributed by atoms with E-state index in [4.69, 9.17) is 16.3 Å². The molecule has 1 spiro atoms. The van der Waals surface area contributed by atoms with E-state index in [-0.39, 0.29) is 30.9 Å². The van der Waals surface area contributed by atoms with Crippen molar-refractivity contribution in [3.63, 3.8) is 0 Å². The summed E-state index contributed by atoms with van der Waals surface area (Å²) in [5.74, 6) is -2.79. The topological polar surface area (TPSA) is 90.4 Å². The van der Waals surface area contributed by atoms with Crippen molar-refractivity contribution in [2.75, 3.05) is 29.5 Å². The first-order valence-corrected chi connectivity index (χ1v) is 14.5. The lowest BCUT2D eigenvalue weighted by Gasteiger charge is -2.40. The Kier molecular flexibility index (Phi) is 6.83. The van der Waals surface area contributed by atoms with Crippen LogP contribution in [0, 0.1) is 18.8 Å². The minimum Gasteiger partial charge on any atom is -0.394 e. The number of rotatable bonds is 5. The van der Waals surface area contributed by atoms with Gasteiger partial charge in [0.1, 0.15) is 11.6 Å². The third-order valence-corrected chi connectivity index (χ3v) is 9.45. The maximum atomic E-state index is 14.6. The SMILES string of the molecule is CC[C@@]12C=CCN(c3ccccc3)C(=O)[C@@H]1[C@H]1C(=O)N([C@H](C)CO)C3C(=O)N(c4c(C)cccc4Cl)CC=C[C@@]31O2. The highest BCUT2D eigenvalue weighted by molar-refractivity contribution is 6.34. The smallest absolute Gasteiger partial charge is 0.253 e. The number of nitrogens with zero attached hydrogens (tertiary/aromatic N) is 3. The second kappa shape index (κ2) is 10.1. The Morgan fingerprint density at radius 1 is 0.951 bits per heavy atom. The summed E-state index contributed by atoms with van der Waals surface area (Å²) in [5, 5.41) is 10.6. The molecule has 2 fully saturated rings. The minimum atomic E-state index is -1.41. The van der Waals surface area contributed by atoms with Gasteiger partial charge < -0.3 is 24.5 Å². The van der Waals surface area contributed by atoms with Crippen LogP contribution in [0.25, 0.3) is 0 Å². The molecule has 6 atom stereocenters. The molecular formula is C32H34ClN3O5. The summed E-state index contributed by atoms with van der Waals surface area (Å²) in [6, 6.07) is 13.0. The number of ether oxygens (including phenoxy) is 1. The van der Waals surface area contributed by atoms with Crippen LogP contribution in [0.15, 0.2) is 72.8 Å². The Morgan fingerprint density at radius 3 is 2.34 bits per heavy atom. The average Bonchev–Trinajstić information content (AvgIpc) is 3.27. The van der Waals surface area contributed by atoms with E-state index in [0.717, 1.165) is 11.3 Å². The normalized spacial score (nSPS) is 31.6. The van der Waals surface area contributed by atoms with Gasteiger partial charge in [0.25, 0.3) is 5.91 Å². The minimum absolute atomic E-state index is 0.219. The van der Waals surface area contributed by atoms with Gasteiger partial charge in [0, 0.05) is 18.8 Å². The van der Waals surface area contributed by atoms with Crippen molar-refractivity contribution in [1.29, 1.82) is 0 Å². The number of carbonyl (C=O) groups excluding carboxylic acids is 3. The third-order valence-electron chi connectivity index (χ3n) is 9.14. The van der Waals surface area contributed by atoms with Crippen molar-refractivity contribution in [3.05, 3.63) is 83.4 Å². The second-order valence-corrected chi connectivity index (χ2v) is 11.7. The van der Waals surface area contributed by atoms with Gasteiger partial charge in [-0.3, -0.25) is 14.4 Å². The quantitative estimate of drug-likeness (QED) is 0.546. The summed E-state index contributed by atoms with van der Waals surface area (Å²) in [6.07, 6.45) is 7.92. The number of amides is 3. The first kappa shape index (κ1) is 27.7. The highest BCUT2D eigenvalue weighted by Crippen LogP contribution is 2.59. The van der Waals surface area contributed by atoms with E-state index in [1.807, 2.05) is 80.6 Å². The maximum absolute atomic E-state index is 14.6. The number of aryl methyl sites for hydroxylation is 1. The van der Waals surface area contributed by atoms with Gasteiger partial charge in [-0.15, -0.1) is 0 Å². The van der Waals surface area contributed by atoms with Crippen molar-refractivity contribution >= 4 is 40.7 Å². The van der Waals surface area contributed by atoms with Crippen LogP contribution in [0.3, 0.4) is 0 Å². The number of aliphatic hydroxyl groups excluding tert-OH is 1. The molecule has 1 N–H and O–H groups in total. The lowest BCUT2D eigenvalue weighted by Crippen LogP contribution is -2.58. The first-order chi connectivity index (χ1) is 19.7. The molecule has 4 aliphatic heterocycles. The number of likely N-dealkylation sites (tertiary alicyclic amines) is 1. The molecule has 0 aliphatic carbocycles. The highest BCUT2D eigenvalue weighted by Gasteiger charge is 2.75. The Labute approximate surface area is 244 Å². The number of hydrogen-bond donors (Lipinski definition) is 1. The standard InChI is InChI=1S/C32H34ClN3O5/c1-4-31-15-9-17-34(22-12-6-5-7-13-22)28(38)24(31)25-29(39)36(21(3)19-37)27-30(40)35(18-10-16-32(25,27)41-31)26-20(2)11-8-14-23(26)33/h5-16,21,24-25,27,37H,4,17-19H2,1-3H3/t21-,24+,25+,27?,31-,32+/m1/s1. The van der Waals surface area contributed by atoms with Crippen LogP contribution in [0.2, 0.25) is 5.02 Å². The van der Waals surface area contributed by atoms with Gasteiger partial charge in [-0.25, -0.2) is 0 Å². The van der Waals surface area contributed by atoms with Crippen LogP contribution in [-0.4, -0.2) is 70.7 Å². The molecular weight excluding hydrogens is 542 g/mol. The van der Waals surface area contributed by atoms with Gasteiger partial charge in [-0.2, -0.15) is 0 Å². The summed E-state index contributed by atoms with van der Waals surface area (Å²) in [7, 11) is 0. The molecule has 2 aromatic rings. The van der Waals surface area contributed by atoms with Gasteiger partial charge in [0.2, 0.25) is 11.8 Å². The Bertz CT molecular complexity index is 1440. The maximum Gasteiger partial charge on any atom is 0.253 e. The largest absolute Gasteiger partial charge is 0.394 e. The van der Waals surface area contributed by atoms with E-state index < -0.39 is 35.1 Å². The molecule has 0 aromatic heterocycles. The predicted molar refractivity (Wildman–Crippen MR) is 157 cm³/mol. The fraction of sp³-hybridized carbons (Fsp3) is 0.406. The van der Waals surface area contributed by atoms with E-state index in [2.05, 4.69) is 0 Å². The zero-order chi connectivity index (χ0) is 29.1. The highest BCUT2D eigenvalue weighted by atomic mass is 35.5. The molecule has 0 saturated carbocycles. The predicted octanol–water partition coefficient (Wildman–Crippen LogP) is 3.90. The second-order valence-electron chi connectivity index (χ2n) is 11.3. The summed E-state index contributed by atoms with van der Waals surface area (Å²) in [4.78, 5) is 48.3. The van der Waals surface area contributed by atoms with Gasteiger partial charge in [-0.05, 0) is 44.0 Å². The Morgan fingerprint density at radius 2 is 1.66 bits per heavy atom. The van der Waals surface area contributed by atoms with Crippen LogP contribution in [-0.2, 0) is 19.1 Å². The van der Waals surface area contributed by atoms with Crippen molar-refractivity contribution < 1.29 is 24.2 Å². The molecule has 4 aliphatic rings. The summed E-state index contributed by atoms with van der Waals surface area (Å²) in [6.45, 7) is 5.74. The van der Waals surface area contributed by atoms with Gasteiger partial charge >= 0.3 is 0 Å². The van der Waals surface area contributed by atoms with E-state index in [1.165, 1.54) is 4.90 Å². The van der Waals surface area contributed by atoms with Gasteiger partial charge in [0.15, 0.2) is 0 Å². The monoisotopic (exact) mass is 575 g/mol. The lowest BCUT2D eigenvalue weighted by atomic mass is 9.73. The molecule has 6 rings (SSSR count). The van der Waals surface area contributed by atoms with Gasteiger partial charge in [0.05, 0.1) is 40.8 Å². The van der Waals surface area contributed by atoms with Crippen LogP contribution in [0.1, 0.15) is 25.8 Å². The zero-order valence-electron chi connectivity index (χ0n) is 23.4. The van der Waals surface area contributed by atoms with Crippen LogP contribution in [0.5, 0.6) is 0 Å². The molecule has 9 heteroatoms. The first-order valence-electron chi connectivity index (χ1n) is 14.1. The molecule has 4 heterocycles. The van der Waals surface area contributed by atoms with Crippen molar-refractivity contribution in [1.82, 2.24) is 4.90 Å². The van der Waals surface area contributed by atoms with Crippen LogP contribution >= 0.6 is 11.6 Å². The number of hydrogen-bond acceptors (Lipinski definition) is 5. The van der Waals surface area contributed by atoms with E-state index in [1.54, 1.807) is 22.8 Å². The summed E-state index contributed by atoms with van der Waals surface area (Å²) < 4.78 is 7.00. The molecule has 8 nitrogen and oxygen atoms in total. The summed E-state index contributed by atoms with van der Waals surface area (Å²) >= 11 is 6.62. The van der Waals surface area contributed by atoms with Crippen molar-refractivity contribution in [2.45, 2.75) is 50.5 Å². The summed E-state index contributed by atoms with van der Waals surface area (Å²) in [5.41, 5.74) is -0.394. The molecule has 0 radical (unpaired) electrons. The molecule has 214 valence electrons. The molecule has 1 unspecified atom stereocenters. The lowest BCUT2D eigenvalue weighted by molar-refractivity contribution is -0.148. The van der Waals surface area contributed by atoms with Crippen LogP contribution in [0.4, 0.5) is 11.4 Å². The average molecular weight is 576 g/mol. The molecule has 3 amide bonds.